The van der Waals surface area contributed by atoms with Gasteiger partial charge in [-0.1, -0.05) is 28.9 Å². The number of oxime groups is 1. The summed E-state index contributed by atoms with van der Waals surface area (Å²) in [6.07, 6.45) is 0. The highest BCUT2D eigenvalue weighted by Gasteiger charge is 2.09. The molecule has 0 atom stereocenters. The molecule has 0 radical (unpaired) electrons. The Hall–Kier alpha value is -1.66. The number of non-ortho nitro benzene ring substituents is 1. The summed E-state index contributed by atoms with van der Waals surface area (Å²) < 4.78 is 0. The van der Waals surface area contributed by atoms with Crippen molar-refractivity contribution in [3.63, 3.8) is 0 Å². The number of carbonyl (C=O) groups is 1. The van der Waals surface area contributed by atoms with Crippen LogP contribution in [0.15, 0.2) is 29.4 Å². The van der Waals surface area contributed by atoms with E-state index in [9.17, 15) is 14.9 Å². The number of benzene rings is 1. The van der Waals surface area contributed by atoms with Gasteiger partial charge in [-0.3, -0.25) is 10.1 Å². The predicted octanol–water partition coefficient (Wildman–Crippen LogP) is 2.28. The van der Waals surface area contributed by atoms with Gasteiger partial charge in [-0.25, -0.2) is 4.79 Å². The minimum Gasteiger partial charge on any atom is -0.315 e. The Balaban J connectivity index is 2.88. The molecule has 0 saturated heterocycles. The van der Waals surface area contributed by atoms with Gasteiger partial charge in [0.1, 0.15) is 5.88 Å². The summed E-state index contributed by atoms with van der Waals surface area (Å²) in [5, 5.41) is 13.6. The third-order valence-corrected chi connectivity index (χ3v) is 2.14. The molecule has 0 aromatic heterocycles. The molecule has 0 saturated carbocycles. The second kappa shape index (κ2) is 6.17. The lowest BCUT2D eigenvalue weighted by Gasteiger charge is -1.98. The molecule has 0 fully saturated rings. The van der Waals surface area contributed by atoms with Gasteiger partial charge in [0.15, 0.2) is 5.17 Å². The van der Waals surface area contributed by atoms with Crippen molar-refractivity contribution in [1.29, 1.82) is 0 Å². The second-order valence-electron chi connectivity index (χ2n) is 2.79. The van der Waals surface area contributed by atoms with Crippen molar-refractivity contribution in [1.82, 2.24) is 0 Å². The lowest BCUT2D eigenvalue weighted by atomic mass is 10.2. The number of alkyl halides is 1. The second-order valence-corrected chi connectivity index (χ2v) is 3.41. The lowest BCUT2D eigenvalue weighted by Crippen LogP contribution is -2.03. The molecule has 1 aromatic carbocycles. The van der Waals surface area contributed by atoms with E-state index in [2.05, 4.69) is 9.99 Å². The Labute approximate surface area is 106 Å². The summed E-state index contributed by atoms with van der Waals surface area (Å²) in [5.41, 5.74) is 0.128. The fourth-order valence-corrected chi connectivity index (χ4v) is 1.12. The van der Waals surface area contributed by atoms with Crippen LogP contribution in [0.25, 0.3) is 0 Å². The summed E-state index contributed by atoms with van der Waals surface area (Å²) in [6, 6.07) is 5.45. The number of rotatable bonds is 4. The monoisotopic (exact) mass is 276 g/mol. The molecule has 8 heteroatoms. The van der Waals surface area contributed by atoms with Crippen LogP contribution in [0.2, 0.25) is 0 Å². The molecule has 0 bridgehead atoms. The Bertz CT molecular complexity index is 476. The van der Waals surface area contributed by atoms with E-state index in [-0.39, 0.29) is 22.3 Å². The minimum absolute atomic E-state index is 0.139. The number of nitro benzene ring substituents is 1. The molecule has 0 heterocycles. The topological polar surface area (TPSA) is 81.8 Å². The van der Waals surface area contributed by atoms with E-state index in [1.165, 1.54) is 24.3 Å². The van der Waals surface area contributed by atoms with Gasteiger partial charge in [0, 0.05) is 17.7 Å². The average molecular weight is 277 g/mol. The predicted molar refractivity (Wildman–Crippen MR) is 62.3 cm³/mol. The quantitative estimate of drug-likeness (QED) is 0.278. The van der Waals surface area contributed by atoms with Crippen LogP contribution >= 0.6 is 23.2 Å². The minimum atomic E-state index is -0.768. The molecule has 6 nitrogen and oxygen atoms in total. The maximum atomic E-state index is 10.7. The first-order valence-corrected chi connectivity index (χ1v) is 5.20. The van der Waals surface area contributed by atoms with Gasteiger partial charge in [-0.2, -0.15) is 0 Å². The Morgan fingerprint density at radius 3 is 2.82 bits per heavy atom. The largest absolute Gasteiger partial charge is 0.349 e. The van der Waals surface area contributed by atoms with Crippen LogP contribution in [-0.4, -0.2) is 21.9 Å². The van der Waals surface area contributed by atoms with Crippen molar-refractivity contribution < 1.29 is 14.6 Å². The molecule has 0 aliphatic heterocycles. The van der Waals surface area contributed by atoms with E-state index in [0.29, 0.717) is 0 Å². The number of carbonyl (C=O) groups excluding carboxylic acids is 1. The van der Waals surface area contributed by atoms with E-state index in [1.807, 2.05) is 0 Å². The number of halogens is 2. The van der Waals surface area contributed by atoms with Gasteiger partial charge in [0.25, 0.3) is 5.69 Å². The normalized spacial score (nSPS) is 11.1. The van der Waals surface area contributed by atoms with Crippen molar-refractivity contribution in [3.05, 3.63) is 39.9 Å². The van der Waals surface area contributed by atoms with E-state index >= 15 is 0 Å². The fraction of sp³-hybridized carbons (Fsp3) is 0.111. The van der Waals surface area contributed by atoms with E-state index in [1.54, 1.807) is 0 Å². The van der Waals surface area contributed by atoms with Gasteiger partial charge in [0.2, 0.25) is 0 Å². The summed E-state index contributed by atoms with van der Waals surface area (Å²) >= 11 is 10.9. The summed E-state index contributed by atoms with van der Waals surface area (Å²) in [7, 11) is 0. The van der Waals surface area contributed by atoms with Crippen molar-refractivity contribution in [2.75, 3.05) is 5.88 Å². The average Bonchev–Trinajstić information content (AvgIpc) is 2.35. The van der Waals surface area contributed by atoms with Crippen molar-refractivity contribution >= 4 is 40.0 Å². The van der Waals surface area contributed by atoms with Gasteiger partial charge in [-0.05, 0) is 0 Å². The Morgan fingerprint density at radius 2 is 2.24 bits per heavy atom. The SMILES string of the molecule is O=C(CCl)O/N=C(/Cl)c1cccc([N+](=O)[O-])c1. The van der Waals surface area contributed by atoms with Gasteiger partial charge >= 0.3 is 5.97 Å². The number of nitrogens with zero attached hydrogens (tertiary/aromatic N) is 2. The van der Waals surface area contributed by atoms with Crippen molar-refractivity contribution in [3.8, 4) is 0 Å². The molecule has 1 rings (SSSR count). The first-order valence-electron chi connectivity index (χ1n) is 4.28. The van der Waals surface area contributed by atoms with Gasteiger partial charge < -0.3 is 4.84 Å². The molecular weight excluding hydrogens is 271 g/mol. The maximum Gasteiger partial charge on any atom is 0.349 e. The highest BCUT2D eigenvalue weighted by molar-refractivity contribution is 6.69. The van der Waals surface area contributed by atoms with Crippen LogP contribution in [0.4, 0.5) is 5.69 Å². The van der Waals surface area contributed by atoms with Crippen LogP contribution in [-0.2, 0) is 9.63 Å². The zero-order chi connectivity index (χ0) is 12.8. The Kier molecular flexibility index (Phi) is 4.86. The third kappa shape index (κ3) is 4.01. The molecule has 0 aliphatic rings. The zero-order valence-corrected chi connectivity index (χ0v) is 9.81. The number of nitro groups is 1. The molecule has 0 unspecified atom stereocenters. The summed E-state index contributed by atoms with van der Waals surface area (Å²) in [5.74, 6) is -1.13. The zero-order valence-electron chi connectivity index (χ0n) is 8.30. The lowest BCUT2D eigenvalue weighted by molar-refractivity contribution is -0.384. The smallest absolute Gasteiger partial charge is 0.315 e. The molecule has 0 spiro atoms. The summed E-state index contributed by atoms with van der Waals surface area (Å²) in [6.45, 7) is 0. The number of hydrogen-bond donors (Lipinski definition) is 0. The van der Waals surface area contributed by atoms with Crippen LogP contribution in [0.5, 0.6) is 0 Å². The highest BCUT2D eigenvalue weighted by Crippen LogP contribution is 2.15. The van der Waals surface area contributed by atoms with E-state index < -0.39 is 10.9 Å². The Morgan fingerprint density at radius 1 is 1.53 bits per heavy atom. The first kappa shape index (κ1) is 13.4. The first-order chi connectivity index (χ1) is 8.04. The summed E-state index contributed by atoms with van der Waals surface area (Å²) in [4.78, 5) is 25.0. The molecule has 1 aromatic rings. The van der Waals surface area contributed by atoms with Crippen molar-refractivity contribution in [2.24, 2.45) is 5.16 Å². The molecule has 0 aliphatic carbocycles. The van der Waals surface area contributed by atoms with Gasteiger partial charge in [-0.15, -0.1) is 11.6 Å². The molecule has 17 heavy (non-hydrogen) atoms. The standard InChI is InChI=1S/C9H6Cl2N2O4/c10-5-8(14)17-12-9(11)6-2-1-3-7(4-6)13(15)16/h1-4H,5H2/b12-9+. The number of hydrogen-bond acceptors (Lipinski definition) is 5. The molecule has 0 N–H and O–H groups in total. The van der Waals surface area contributed by atoms with E-state index in [0.717, 1.165) is 0 Å². The van der Waals surface area contributed by atoms with Gasteiger partial charge in [0.05, 0.1) is 4.92 Å². The molecule has 90 valence electrons. The highest BCUT2D eigenvalue weighted by atomic mass is 35.5. The third-order valence-electron chi connectivity index (χ3n) is 1.63. The molecule has 0 amide bonds. The maximum absolute atomic E-state index is 10.7. The van der Waals surface area contributed by atoms with Crippen LogP contribution in [0.1, 0.15) is 5.56 Å². The van der Waals surface area contributed by atoms with Crippen LogP contribution in [0.3, 0.4) is 0 Å². The van der Waals surface area contributed by atoms with Crippen LogP contribution < -0.4 is 0 Å². The van der Waals surface area contributed by atoms with Crippen LogP contribution in [0, 0.1) is 10.1 Å². The molecular formula is C9H6Cl2N2O4. The van der Waals surface area contributed by atoms with E-state index in [4.69, 9.17) is 23.2 Å². The van der Waals surface area contributed by atoms with Crippen molar-refractivity contribution in [2.45, 2.75) is 0 Å². The fourth-order valence-electron chi connectivity index (χ4n) is 0.916.